The maximum Gasteiger partial charge on any atom is 0.249 e. The fourth-order valence-electron chi connectivity index (χ4n) is 6.14. The molecule has 3 aliphatic rings. The van der Waals surface area contributed by atoms with Crippen molar-refractivity contribution in [1.82, 2.24) is 10.6 Å². The number of carbonyl (C=O) groups is 1. The van der Waals surface area contributed by atoms with Gasteiger partial charge in [0.15, 0.2) is 12.6 Å². The maximum atomic E-state index is 12.8. The van der Waals surface area contributed by atoms with Crippen LogP contribution in [0.3, 0.4) is 0 Å². The van der Waals surface area contributed by atoms with E-state index in [4.69, 9.17) is 41.9 Å². The second kappa shape index (κ2) is 16.8. The summed E-state index contributed by atoms with van der Waals surface area (Å²) < 4.78 is 23.9. The molecule has 16 N–H and O–H groups in total. The van der Waals surface area contributed by atoms with Gasteiger partial charge in [0.1, 0.15) is 48.5 Å². The first-order valence-electron chi connectivity index (χ1n) is 15.6. The second-order valence-electron chi connectivity index (χ2n) is 12.2. The van der Waals surface area contributed by atoms with Crippen LogP contribution < -0.4 is 33.6 Å². The van der Waals surface area contributed by atoms with Gasteiger partial charge in [-0.1, -0.05) is 12.1 Å². The minimum atomic E-state index is -1.54. The normalized spacial score (nSPS) is 39.1. The number of nitrogens with two attached hydrogens (primary N) is 4. The molecule has 46 heavy (non-hydrogen) atoms. The average Bonchev–Trinajstić information content (AvgIpc) is 3.03. The van der Waals surface area contributed by atoms with E-state index in [9.17, 15) is 35.4 Å². The first kappa shape index (κ1) is 36.8. The molecule has 1 saturated carbocycles. The molecule has 17 heteroatoms. The Bertz CT molecular complexity index is 1110. The van der Waals surface area contributed by atoms with Gasteiger partial charge in [0.05, 0.1) is 30.8 Å². The van der Waals surface area contributed by atoms with Crippen molar-refractivity contribution in [3.63, 3.8) is 0 Å². The fraction of sp³-hybridized carbons (Fsp3) is 0.759. The molecule has 17 nitrogen and oxygen atoms in total. The number of amides is 1. The fourth-order valence-corrected chi connectivity index (χ4v) is 6.14. The summed E-state index contributed by atoms with van der Waals surface area (Å²) in [6, 6.07) is 2.90. The molecule has 4 rings (SSSR count). The van der Waals surface area contributed by atoms with Crippen LogP contribution in [0.15, 0.2) is 24.3 Å². The lowest BCUT2D eigenvalue weighted by Gasteiger charge is -2.49. The van der Waals surface area contributed by atoms with Crippen LogP contribution in [0.2, 0.25) is 0 Å². The predicted octanol–water partition coefficient (Wildman–Crippen LogP) is -4.86. The second-order valence-corrected chi connectivity index (χ2v) is 12.2. The molecule has 0 radical (unpaired) electrons. The monoisotopic (exact) mass is 658 g/mol. The van der Waals surface area contributed by atoms with Crippen molar-refractivity contribution in [2.24, 2.45) is 22.9 Å². The largest absolute Gasteiger partial charge is 0.508 e. The highest BCUT2D eigenvalue weighted by molar-refractivity contribution is 5.80. The van der Waals surface area contributed by atoms with Crippen molar-refractivity contribution in [1.29, 1.82) is 0 Å². The van der Waals surface area contributed by atoms with Gasteiger partial charge in [-0.3, -0.25) is 4.79 Å². The number of rotatable bonds is 13. The molecule has 3 fully saturated rings. The standard InChI is InChI=1S/C29H50N6O11/c30-7-6-19(38)27(42)35-18-9-17(33)25(45-28-16(32)5-4-15(10-31)43-28)24(41)26(18)46-29-23(40)21(22(39)20(12-36)44-29)34-11-13-2-1-3-14(37)8-13/h1-3,8,15-26,28-29,34,36-41H,4-7,9-12,30-33H2,(H,35,42)/t15-,16?,17-,18+,19-,20?,21-,22+,23?,24?,25?,26-,28+,29+/m0/s1. The van der Waals surface area contributed by atoms with Crippen LogP contribution in [0, 0.1) is 0 Å². The smallest absolute Gasteiger partial charge is 0.249 e. The zero-order chi connectivity index (χ0) is 33.5. The molecule has 1 aliphatic carbocycles. The molecule has 14 atom stereocenters. The Morgan fingerprint density at radius 1 is 1.00 bits per heavy atom. The van der Waals surface area contributed by atoms with Gasteiger partial charge in [0, 0.05) is 19.1 Å². The lowest BCUT2D eigenvalue weighted by atomic mass is 9.83. The first-order chi connectivity index (χ1) is 22.0. The van der Waals surface area contributed by atoms with E-state index in [-0.39, 0.29) is 44.3 Å². The Morgan fingerprint density at radius 3 is 2.41 bits per heavy atom. The maximum absolute atomic E-state index is 12.8. The van der Waals surface area contributed by atoms with Crippen LogP contribution in [0.4, 0.5) is 0 Å². The number of carbonyl (C=O) groups excluding carboxylic acids is 1. The summed E-state index contributed by atoms with van der Waals surface area (Å²) in [6.45, 7) is -0.219. The average molecular weight is 659 g/mol. The van der Waals surface area contributed by atoms with Gasteiger partial charge in [-0.2, -0.15) is 0 Å². The zero-order valence-corrected chi connectivity index (χ0v) is 25.6. The quantitative estimate of drug-likeness (QED) is 0.0945. The molecular weight excluding hydrogens is 608 g/mol. The number of benzene rings is 1. The van der Waals surface area contributed by atoms with E-state index >= 15 is 0 Å². The van der Waals surface area contributed by atoms with Gasteiger partial charge in [-0.25, -0.2) is 0 Å². The van der Waals surface area contributed by atoms with Gasteiger partial charge in [0.25, 0.3) is 0 Å². The summed E-state index contributed by atoms with van der Waals surface area (Å²) in [5, 5.41) is 69.5. The Hall–Kier alpha value is -2.07. The summed E-state index contributed by atoms with van der Waals surface area (Å²) in [5.74, 6) is -0.739. The first-order valence-corrected chi connectivity index (χ1v) is 15.6. The lowest BCUT2D eigenvalue weighted by molar-refractivity contribution is -0.316. The molecule has 1 aromatic rings. The summed E-state index contributed by atoms with van der Waals surface area (Å²) in [5.41, 5.74) is 24.6. The van der Waals surface area contributed by atoms with Gasteiger partial charge < -0.3 is 83.2 Å². The topological polar surface area (TPSA) is 304 Å². The van der Waals surface area contributed by atoms with E-state index in [2.05, 4.69) is 10.6 Å². The van der Waals surface area contributed by atoms with E-state index in [1.165, 1.54) is 12.1 Å². The molecule has 262 valence electrons. The highest BCUT2D eigenvalue weighted by Crippen LogP contribution is 2.32. The summed E-state index contributed by atoms with van der Waals surface area (Å²) >= 11 is 0. The molecule has 2 aliphatic heterocycles. The number of aliphatic hydroxyl groups excluding tert-OH is 5. The molecule has 0 aromatic heterocycles. The highest BCUT2D eigenvalue weighted by atomic mass is 16.7. The summed E-state index contributed by atoms with van der Waals surface area (Å²) in [7, 11) is 0. The third-order valence-electron chi connectivity index (χ3n) is 8.77. The van der Waals surface area contributed by atoms with Crippen molar-refractivity contribution in [3.05, 3.63) is 29.8 Å². The van der Waals surface area contributed by atoms with E-state index in [0.29, 0.717) is 18.4 Å². The Labute approximate surface area is 267 Å². The number of ether oxygens (including phenoxy) is 4. The van der Waals surface area contributed by atoms with Crippen molar-refractivity contribution in [2.75, 3.05) is 19.7 Å². The SMILES string of the molecule is NCC[C@H](O)C(=O)N[C@@H]1C[C@H](N)C(O[C@H]2O[C@H](CN)CCC2N)C(O)[C@H]1O[C@H]1OC(CO)[C@@H](O)[C@H](NCc2cccc(O)c2)C1O. The molecule has 0 bridgehead atoms. The van der Waals surface area contributed by atoms with Gasteiger partial charge in [-0.05, 0) is 49.9 Å². The lowest BCUT2D eigenvalue weighted by Crippen LogP contribution is -2.69. The zero-order valence-electron chi connectivity index (χ0n) is 25.6. The molecule has 2 saturated heterocycles. The van der Waals surface area contributed by atoms with Crippen LogP contribution in [0.1, 0.15) is 31.2 Å². The molecular formula is C29H50N6O11. The minimum absolute atomic E-state index is 0.00377. The third-order valence-corrected chi connectivity index (χ3v) is 8.77. The Kier molecular flexibility index (Phi) is 13.5. The van der Waals surface area contributed by atoms with E-state index in [0.717, 1.165) is 0 Å². The highest BCUT2D eigenvalue weighted by Gasteiger charge is 2.51. The third kappa shape index (κ3) is 8.88. The van der Waals surface area contributed by atoms with Crippen LogP contribution >= 0.6 is 0 Å². The Morgan fingerprint density at radius 2 is 1.74 bits per heavy atom. The van der Waals surface area contributed by atoms with E-state index in [1.54, 1.807) is 12.1 Å². The number of nitrogens with one attached hydrogen (secondary N) is 2. The number of hydrogen-bond acceptors (Lipinski definition) is 16. The van der Waals surface area contributed by atoms with Crippen molar-refractivity contribution in [2.45, 2.75) is 118 Å². The van der Waals surface area contributed by atoms with Gasteiger partial charge in [0.2, 0.25) is 5.91 Å². The number of aliphatic hydroxyl groups is 5. The van der Waals surface area contributed by atoms with Crippen LogP contribution in [-0.2, 0) is 30.3 Å². The van der Waals surface area contributed by atoms with Crippen molar-refractivity contribution >= 4 is 5.91 Å². The predicted molar refractivity (Wildman–Crippen MR) is 161 cm³/mol. The molecule has 1 amide bonds. The van der Waals surface area contributed by atoms with E-state index < -0.39 is 92.0 Å². The molecule has 1 aromatic carbocycles. The van der Waals surface area contributed by atoms with E-state index in [1.807, 2.05) is 0 Å². The molecule has 5 unspecified atom stereocenters. The number of hydrogen-bond donors (Lipinski definition) is 12. The number of phenols is 1. The van der Waals surface area contributed by atoms with Gasteiger partial charge >= 0.3 is 0 Å². The summed E-state index contributed by atoms with van der Waals surface area (Å²) in [4.78, 5) is 12.8. The minimum Gasteiger partial charge on any atom is -0.508 e. The van der Waals surface area contributed by atoms with Crippen molar-refractivity contribution in [3.8, 4) is 5.75 Å². The molecule has 0 spiro atoms. The van der Waals surface area contributed by atoms with Crippen LogP contribution in [0.25, 0.3) is 0 Å². The van der Waals surface area contributed by atoms with Crippen LogP contribution in [-0.4, -0.2) is 142 Å². The van der Waals surface area contributed by atoms with Gasteiger partial charge in [-0.15, -0.1) is 0 Å². The number of aromatic hydroxyl groups is 1. The van der Waals surface area contributed by atoms with Crippen molar-refractivity contribution < 1.29 is 54.4 Å². The Balaban J connectivity index is 1.56. The number of phenolic OH excluding ortho intramolecular Hbond substituents is 1. The molecule has 2 heterocycles. The summed E-state index contributed by atoms with van der Waals surface area (Å²) in [6.07, 6.45) is -11.1. The van der Waals surface area contributed by atoms with Crippen LogP contribution in [0.5, 0.6) is 5.75 Å².